The van der Waals surface area contributed by atoms with Crippen molar-refractivity contribution in [3.8, 4) is 0 Å². The molecule has 94 valence electrons. The zero-order chi connectivity index (χ0) is 13.2. The molecule has 0 aliphatic carbocycles. The van der Waals surface area contributed by atoms with E-state index >= 15 is 0 Å². The van der Waals surface area contributed by atoms with Gasteiger partial charge >= 0.3 is 12.1 Å². The number of carbonyl (C=O) groups is 2. The molecule has 1 rings (SSSR count). The number of nitrogens with two attached hydrogens (primary N) is 1. The average molecular weight is 279 g/mol. The summed E-state index contributed by atoms with van der Waals surface area (Å²) in [6, 6.07) is 0. The molecule has 0 bridgehead atoms. The standard InChI is InChI=1S/C7H9N3O5S2/c1-3(2)17(13,14)7-10-9-4(16-7)5(11)15-6(8)12/h3H,1-2H3,(H2,8,12). The smallest absolute Gasteiger partial charge is 0.371 e. The first-order valence-electron chi connectivity index (χ1n) is 4.34. The van der Waals surface area contributed by atoms with Crippen LogP contribution in [0.2, 0.25) is 0 Å². The molecule has 0 saturated heterocycles. The Bertz CT molecular complexity index is 548. The molecule has 0 spiro atoms. The number of esters is 1. The van der Waals surface area contributed by atoms with E-state index in [1.165, 1.54) is 13.8 Å². The fourth-order valence-corrected chi connectivity index (χ4v) is 3.03. The topological polar surface area (TPSA) is 129 Å². The fraction of sp³-hybridized carbons (Fsp3) is 0.429. The normalized spacial score (nSPS) is 11.5. The molecule has 0 aliphatic heterocycles. The van der Waals surface area contributed by atoms with Crippen LogP contribution in [0.4, 0.5) is 4.79 Å². The number of rotatable bonds is 3. The van der Waals surface area contributed by atoms with E-state index in [0.717, 1.165) is 0 Å². The molecule has 0 radical (unpaired) electrons. The Morgan fingerprint density at radius 3 is 2.41 bits per heavy atom. The summed E-state index contributed by atoms with van der Waals surface area (Å²) in [4.78, 5) is 21.5. The first-order chi connectivity index (χ1) is 7.75. The first kappa shape index (κ1) is 13.5. The Hall–Kier alpha value is -1.55. The highest BCUT2D eigenvalue weighted by Gasteiger charge is 2.26. The lowest BCUT2D eigenvalue weighted by molar-refractivity contribution is 0.0637. The maximum absolute atomic E-state index is 11.7. The number of aromatic nitrogens is 2. The second-order valence-electron chi connectivity index (χ2n) is 3.18. The monoisotopic (exact) mass is 279 g/mol. The molecule has 0 unspecified atom stereocenters. The van der Waals surface area contributed by atoms with E-state index in [0.29, 0.717) is 11.3 Å². The van der Waals surface area contributed by atoms with E-state index in [4.69, 9.17) is 0 Å². The van der Waals surface area contributed by atoms with E-state index in [1.807, 2.05) is 0 Å². The summed E-state index contributed by atoms with van der Waals surface area (Å²) in [5, 5.41) is 5.66. The van der Waals surface area contributed by atoms with Crippen LogP contribution in [-0.2, 0) is 14.6 Å². The van der Waals surface area contributed by atoms with Gasteiger partial charge in [-0.15, -0.1) is 10.2 Å². The van der Waals surface area contributed by atoms with Crippen molar-refractivity contribution in [2.24, 2.45) is 5.73 Å². The van der Waals surface area contributed by atoms with Crippen molar-refractivity contribution in [1.29, 1.82) is 0 Å². The highest BCUT2D eigenvalue weighted by atomic mass is 32.2. The number of amides is 1. The van der Waals surface area contributed by atoms with E-state index in [9.17, 15) is 18.0 Å². The molecule has 1 amide bonds. The first-order valence-corrected chi connectivity index (χ1v) is 6.70. The lowest BCUT2D eigenvalue weighted by atomic mass is 10.6. The molecule has 0 atom stereocenters. The summed E-state index contributed by atoms with van der Waals surface area (Å²) in [6.07, 6.45) is -1.29. The van der Waals surface area contributed by atoms with Crippen LogP contribution in [0.1, 0.15) is 23.6 Å². The van der Waals surface area contributed by atoms with Crippen LogP contribution in [0, 0.1) is 0 Å². The highest BCUT2D eigenvalue weighted by molar-refractivity contribution is 7.93. The van der Waals surface area contributed by atoms with Crippen LogP contribution in [0.3, 0.4) is 0 Å². The van der Waals surface area contributed by atoms with Crippen molar-refractivity contribution in [3.05, 3.63) is 5.01 Å². The van der Waals surface area contributed by atoms with Gasteiger partial charge in [0, 0.05) is 0 Å². The van der Waals surface area contributed by atoms with Gasteiger partial charge in [0.25, 0.3) is 0 Å². The molecule has 1 aromatic rings. The lowest BCUT2D eigenvalue weighted by Gasteiger charge is -2.01. The molecule has 2 N–H and O–H groups in total. The van der Waals surface area contributed by atoms with Gasteiger partial charge in [-0.3, -0.25) is 0 Å². The van der Waals surface area contributed by atoms with E-state index < -0.39 is 27.1 Å². The molecule has 0 aromatic carbocycles. The van der Waals surface area contributed by atoms with Crippen molar-refractivity contribution in [1.82, 2.24) is 10.2 Å². The van der Waals surface area contributed by atoms with Crippen molar-refractivity contribution in [2.75, 3.05) is 0 Å². The maximum Gasteiger partial charge on any atom is 0.412 e. The molecule has 0 aliphatic rings. The number of hydrogen-bond donors (Lipinski definition) is 1. The Balaban J connectivity index is 3.01. The number of ether oxygens (including phenoxy) is 1. The molecule has 0 saturated carbocycles. The van der Waals surface area contributed by atoms with Gasteiger partial charge in [-0.1, -0.05) is 11.3 Å². The highest BCUT2D eigenvalue weighted by Crippen LogP contribution is 2.20. The second kappa shape index (κ2) is 4.75. The van der Waals surface area contributed by atoms with Gasteiger partial charge in [0.2, 0.25) is 19.2 Å². The summed E-state index contributed by atoms with van der Waals surface area (Å²) < 4.78 is 27.0. The van der Waals surface area contributed by atoms with E-state index in [-0.39, 0.29) is 9.35 Å². The number of sulfone groups is 1. The molecular formula is C7H9N3O5S2. The number of nitrogens with zero attached hydrogens (tertiary/aromatic N) is 2. The molecule has 1 aromatic heterocycles. The third-order valence-corrected chi connectivity index (χ3v) is 5.09. The minimum absolute atomic E-state index is 0.302. The summed E-state index contributed by atoms with van der Waals surface area (Å²) in [5.41, 5.74) is 4.63. The van der Waals surface area contributed by atoms with Crippen molar-refractivity contribution >= 4 is 33.2 Å². The maximum atomic E-state index is 11.7. The summed E-state index contributed by atoms with van der Waals surface area (Å²) >= 11 is 0.526. The Kier molecular flexibility index (Phi) is 3.78. The SMILES string of the molecule is CC(C)S(=O)(=O)c1nnc(C(=O)OC(N)=O)s1. The van der Waals surface area contributed by atoms with Crippen LogP contribution < -0.4 is 5.73 Å². The fourth-order valence-electron chi connectivity index (χ4n) is 0.744. The summed E-state index contributed by atoms with van der Waals surface area (Å²) in [7, 11) is -3.60. The van der Waals surface area contributed by atoms with Gasteiger partial charge in [-0.05, 0) is 13.8 Å². The third-order valence-electron chi connectivity index (χ3n) is 1.64. The third kappa shape index (κ3) is 2.97. The number of primary amides is 1. The molecule has 0 fully saturated rings. The molecule has 17 heavy (non-hydrogen) atoms. The predicted octanol–water partition coefficient (Wildman–Crippen LogP) is -0.0443. The summed E-state index contributed by atoms with van der Waals surface area (Å²) in [5.74, 6) is -1.12. The Morgan fingerprint density at radius 2 is 1.94 bits per heavy atom. The van der Waals surface area contributed by atoms with Gasteiger partial charge in [0.05, 0.1) is 5.25 Å². The zero-order valence-corrected chi connectivity index (χ0v) is 10.5. The van der Waals surface area contributed by atoms with E-state index in [1.54, 1.807) is 0 Å². The van der Waals surface area contributed by atoms with E-state index in [2.05, 4.69) is 20.7 Å². The Labute approximate surface area is 101 Å². The lowest BCUT2D eigenvalue weighted by Crippen LogP contribution is -2.18. The minimum Gasteiger partial charge on any atom is -0.371 e. The van der Waals surface area contributed by atoms with Crippen LogP contribution in [0.5, 0.6) is 0 Å². The summed E-state index contributed by atoms with van der Waals surface area (Å²) in [6.45, 7) is 2.94. The molecule has 10 heteroatoms. The van der Waals surface area contributed by atoms with Crippen LogP contribution >= 0.6 is 11.3 Å². The van der Waals surface area contributed by atoms with Crippen LogP contribution in [0.15, 0.2) is 4.34 Å². The second-order valence-corrected chi connectivity index (χ2v) is 6.83. The van der Waals surface area contributed by atoms with Gasteiger partial charge in [-0.2, -0.15) is 0 Å². The van der Waals surface area contributed by atoms with Gasteiger partial charge in [0.1, 0.15) is 0 Å². The number of hydrogen-bond acceptors (Lipinski definition) is 8. The predicted molar refractivity (Wildman–Crippen MR) is 57.2 cm³/mol. The number of carbonyl (C=O) groups excluding carboxylic acids is 2. The van der Waals surface area contributed by atoms with Crippen molar-refractivity contribution in [2.45, 2.75) is 23.4 Å². The molecule has 8 nitrogen and oxygen atoms in total. The molecule has 1 heterocycles. The van der Waals surface area contributed by atoms with Gasteiger partial charge in [-0.25, -0.2) is 18.0 Å². The molecular weight excluding hydrogens is 270 g/mol. The Morgan fingerprint density at radius 1 is 1.35 bits per heavy atom. The van der Waals surface area contributed by atoms with Crippen LogP contribution in [-0.4, -0.2) is 35.9 Å². The average Bonchev–Trinajstić information content (AvgIpc) is 2.65. The van der Waals surface area contributed by atoms with Crippen molar-refractivity contribution in [3.63, 3.8) is 0 Å². The van der Waals surface area contributed by atoms with Crippen molar-refractivity contribution < 1.29 is 22.7 Å². The minimum atomic E-state index is -3.60. The van der Waals surface area contributed by atoms with Gasteiger partial charge < -0.3 is 10.5 Å². The quantitative estimate of drug-likeness (QED) is 0.606. The van der Waals surface area contributed by atoms with Gasteiger partial charge in [0.15, 0.2) is 0 Å². The van der Waals surface area contributed by atoms with Crippen LogP contribution in [0.25, 0.3) is 0 Å². The largest absolute Gasteiger partial charge is 0.412 e. The zero-order valence-electron chi connectivity index (χ0n) is 8.91.